The molecule has 0 saturated heterocycles. The molecule has 2 N–H and O–H groups in total. The molecule has 0 aliphatic carbocycles. The molecule has 0 amide bonds. The minimum atomic E-state index is -0.642. The van der Waals surface area contributed by atoms with Crippen LogP contribution in [-0.2, 0) is 9.59 Å². The summed E-state index contributed by atoms with van der Waals surface area (Å²) in [4.78, 5) is 25.8. The van der Waals surface area contributed by atoms with Crippen LogP contribution in [0.25, 0.3) is 0 Å². The van der Waals surface area contributed by atoms with Gasteiger partial charge in [-0.05, 0) is 78.1 Å². The van der Waals surface area contributed by atoms with E-state index in [1.165, 1.54) is 141 Å². The van der Waals surface area contributed by atoms with Gasteiger partial charge < -0.3 is 5.73 Å². The van der Waals surface area contributed by atoms with Gasteiger partial charge in [-0.15, -0.1) is 17.0 Å². The standard InChI is InChI=1S/C41H77NO2.BrH/c1-5-7-9-11-13-15-17-19-21-23-25-27-29-31-33-35-38(43)37-39(41(3,4)42)40(44)36-34-32-30-28-26-24-22-20-18-16-14-12-10-8-6-2;/h19-22,39H,5-18,23-37,42H2,1-4H3;1H/b21-19-,22-20-;. The predicted molar refractivity (Wildman–Crippen MR) is 206 cm³/mol. The van der Waals surface area contributed by atoms with Gasteiger partial charge in [0.05, 0.1) is 0 Å². The number of nitrogens with two attached hydrogens (primary N) is 1. The SMILES string of the molecule is Br.CCCCCCCC/C=C\CCCCCCCC(=O)CC(C(=O)CCCCCCC/C=C\CCCCCCCC)C(C)(C)N. The summed E-state index contributed by atoms with van der Waals surface area (Å²) in [7, 11) is 0. The summed E-state index contributed by atoms with van der Waals surface area (Å²) in [6, 6.07) is 0. The van der Waals surface area contributed by atoms with Gasteiger partial charge in [-0.2, -0.15) is 0 Å². The maximum atomic E-state index is 13.0. The van der Waals surface area contributed by atoms with E-state index < -0.39 is 5.54 Å². The van der Waals surface area contributed by atoms with Crippen LogP contribution >= 0.6 is 17.0 Å². The Kier molecular flexibility index (Phi) is 35.7. The molecule has 1 atom stereocenters. The third kappa shape index (κ3) is 33.0. The van der Waals surface area contributed by atoms with Crippen molar-refractivity contribution < 1.29 is 9.59 Å². The summed E-state index contributed by atoms with van der Waals surface area (Å²) in [5.41, 5.74) is 5.74. The number of rotatable bonds is 34. The third-order valence-corrected chi connectivity index (χ3v) is 9.12. The Labute approximate surface area is 292 Å². The highest BCUT2D eigenvalue weighted by atomic mass is 79.9. The third-order valence-electron chi connectivity index (χ3n) is 9.12. The number of carbonyl (C=O) groups is 2. The number of Topliss-reactive ketones (excluding diaryl/α,β-unsaturated/α-hetero) is 2. The van der Waals surface area contributed by atoms with Gasteiger partial charge >= 0.3 is 0 Å². The number of hydrogen-bond acceptors (Lipinski definition) is 3. The maximum absolute atomic E-state index is 13.0. The molecule has 45 heavy (non-hydrogen) atoms. The lowest BCUT2D eigenvalue weighted by atomic mass is 9.79. The van der Waals surface area contributed by atoms with Crippen LogP contribution in [0.1, 0.15) is 214 Å². The highest BCUT2D eigenvalue weighted by molar-refractivity contribution is 8.93. The molecular formula is C41H78BrNO2. The fourth-order valence-electron chi connectivity index (χ4n) is 6.06. The quantitative estimate of drug-likeness (QED) is 0.0538. The van der Waals surface area contributed by atoms with Crippen LogP contribution in [0.15, 0.2) is 24.3 Å². The van der Waals surface area contributed by atoms with Gasteiger partial charge in [0.25, 0.3) is 0 Å². The first-order valence-electron chi connectivity index (χ1n) is 19.5. The highest BCUT2D eigenvalue weighted by Gasteiger charge is 2.32. The Bertz CT molecular complexity index is 709. The monoisotopic (exact) mass is 696 g/mol. The Morgan fingerprint density at radius 3 is 1.18 bits per heavy atom. The summed E-state index contributed by atoms with van der Waals surface area (Å²) in [6.45, 7) is 8.35. The van der Waals surface area contributed by atoms with E-state index in [1.54, 1.807) is 0 Å². The number of ketones is 2. The smallest absolute Gasteiger partial charge is 0.138 e. The van der Waals surface area contributed by atoms with E-state index in [1.807, 2.05) is 13.8 Å². The molecule has 266 valence electrons. The molecule has 0 heterocycles. The Hall–Kier alpha value is -0.740. The summed E-state index contributed by atoms with van der Waals surface area (Å²) < 4.78 is 0. The van der Waals surface area contributed by atoms with Crippen molar-refractivity contribution >= 4 is 28.5 Å². The molecule has 0 saturated carbocycles. The number of carbonyl (C=O) groups excluding carboxylic acids is 2. The molecule has 0 aromatic rings. The van der Waals surface area contributed by atoms with E-state index in [9.17, 15) is 9.59 Å². The lowest BCUT2D eigenvalue weighted by Gasteiger charge is -2.29. The predicted octanol–water partition coefficient (Wildman–Crippen LogP) is 13.5. The average Bonchev–Trinajstić information content (AvgIpc) is 2.99. The minimum absolute atomic E-state index is 0. The molecule has 0 rings (SSSR count). The molecule has 0 bridgehead atoms. The van der Waals surface area contributed by atoms with Crippen LogP contribution in [-0.4, -0.2) is 17.1 Å². The largest absolute Gasteiger partial charge is 0.325 e. The van der Waals surface area contributed by atoms with Crippen molar-refractivity contribution in [2.75, 3.05) is 0 Å². The summed E-state index contributed by atoms with van der Waals surface area (Å²) in [6.07, 6.45) is 43.5. The fourth-order valence-corrected chi connectivity index (χ4v) is 6.06. The molecular weight excluding hydrogens is 618 g/mol. The first-order valence-corrected chi connectivity index (χ1v) is 19.5. The fraction of sp³-hybridized carbons (Fsp3) is 0.854. The average molecular weight is 697 g/mol. The van der Waals surface area contributed by atoms with Gasteiger partial charge in [0, 0.05) is 30.7 Å². The molecule has 3 nitrogen and oxygen atoms in total. The second-order valence-electron chi connectivity index (χ2n) is 14.3. The van der Waals surface area contributed by atoms with Crippen molar-refractivity contribution in [3.05, 3.63) is 24.3 Å². The zero-order chi connectivity index (χ0) is 32.6. The van der Waals surface area contributed by atoms with Crippen molar-refractivity contribution in [3.8, 4) is 0 Å². The van der Waals surface area contributed by atoms with Crippen LogP contribution < -0.4 is 5.73 Å². The lowest BCUT2D eigenvalue weighted by molar-refractivity contribution is -0.130. The first kappa shape index (κ1) is 46.4. The van der Waals surface area contributed by atoms with Gasteiger partial charge in [0.1, 0.15) is 11.6 Å². The van der Waals surface area contributed by atoms with Crippen molar-refractivity contribution in [1.82, 2.24) is 0 Å². The van der Waals surface area contributed by atoms with Crippen molar-refractivity contribution in [2.24, 2.45) is 11.7 Å². The molecule has 0 radical (unpaired) electrons. The topological polar surface area (TPSA) is 60.2 Å². The van der Waals surface area contributed by atoms with Crippen LogP contribution in [0.5, 0.6) is 0 Å². The zero-order valence-corrected chi connectivity index (χ0v) is 32.4. The van der Waals surface area contributed by atoms with Gasteiger partial charge in [-0.25, -0.2) is 0 Å². The molecule has 0 aliphatic rings. The second kappa shape index (κ2) is 34.6. The van der Waals surface area contributed by atoms with Crippen LogP contribution in [0.3, 0.4) is 0 Å². The Morgan fingerprint density at radius 1 is 0.511 bits per heavy atom. The van der Waals surface area contributed by atoms with Gasteiger partial charge in [0.2, 0.25) is 0 Å². The van der Waals surface area contributed by atoms with Gasteiger partial charge in [-0.1, -0.05) is 141 Å². The molecule has 1 unspecified atom stereocenters. The van der Waals surface area contributed by atoms with E-state index in [2.05, 4.69) is 38.2 Å². The number of hydrogen-bond donors (Lipinski definition) is 1. The second-order valence-corrected chi connectivity index (χ2v) is 14.3. The van der Waals surface area contributed by atoms with Crippen LogP contribution in [0, 0.1) is 5.92 Å². The summed E-state index contributed by atoms with van der Waals surface area (Å²) in [5, 5.41) is 0. The number of halogens is 1. The van der Waals surface area contributed by atoms with Crippen molar-refractivity contribution in [3.63, 3.8) is 0 Å². The molecule has 4 heteroatoms. The maximum Gasteiger partial charge on any atom is 0.138 e. The molecule has 0 fully saturated rings. The van der Waals surface area contributed by atoms with Crippen molar-refractivity contribution in [1.29, 1.82) is 0 Å². The van der Waals surface area contributed by atoms with Gasteiger partial charge in [-0.3, -0.25) is 9.59 Å². The van der Waals surface area contributed by atoms with Crippen LogP contribution in [0.2, 0.25) is 0 Å². The van der Waals surface area contributed by atoms with E-state index in [4.69, 9.17) is 5.73 Å². The van der Waals surface area contributed by atoms with E-state index in [0.717, 1.165) is 25.7 Å². The summed E-state index contributed by atoms with van der Waals surface area (Å²) in [5.74, 6) is 0.0481. The molecule has 0 aliphatic heterocycles. The summed E-state index contributed by atoms with van der Waals surface area (Å²) >= 11 is 0. The minimum Gasteiger partial charge on any atom is -0.325 e. The molecule has 0 aromatic carbocycles. The zero-order valence-electron chi connectivity index (χ0n) is 30.7. The first-order chi connectivity index (χ1) is 21.3. The molecule has 0 aromatic heterocycles. The van der Waals surface area contributed by atoms with E-state index in [-0.39, 0.29) is 34.5 Å². The van der Waals surface area contributed by atoms with E-state index >= 15 is 0 Å². The van der Waals surface area contributed by atoms with Gasteiger partial charge in [0.15, 0.2) is 0 Å². The van der Waals surface area contributed by atoms with Crippen molar-refractivity contribution in [2.45, 2.75) is 219 Å². The van der Waals surface area contributed by atoms with E-state index in [0.29, 0.717) is 19.3 Å². The highest BCUT2D eigenvalue weighted by Crippen LogP contribution is 2.24. The Balaban J connectivity index is 0. The molecule has 0 spiro atoms. The number of allylic oxidation sites excluding steroid dienone is 4. The number of unbranched alkanes of at least 4 members (excludes halogenated alkanes) is 22. The van der Waals surface area contributed by atoms with Crippen LogP contribution in [0.4, 0.5) is 0 Å². The lowest BCUT2D eigenvalue weighted by Crippen LogP contribution is -2.46. The normalized spacial score (nSPS) is 12.6. The Morgan fingerprint density at radius 2 is 0.822 bits per heavy atom.